The lowest BCUT2D eigenvalue weighted by molar-refractivity contribution is -0.138. The van der Waals surface area contributed by atoms with Gasteiger partial charge >= 0.3 is 6.18 Å². The Balaban J connectivity index is 2.91. The average Bonchev–Trinajstić information content (AvgIpc) is 2.33. The van der Waals surface area contributed by atoms with Gasteiger partial charge in [0.25, 0.3) is 0 Å². The van der Waals surface area contributed by atoms with E-state index in [-0.39, 0.29) is 10.2 Å². The molecule has 0 saturated carbocycles. The topological polar surface area (TPSA) is 72.2 Å². The van der Waals surface area contributed by atoms with Crippen molar-refractivity contribution in [3.63, 3.8) is 0 Å². The summed E-state index contributed by atoms with van der Waals surface area (Å²) in [6, 6.07) is 3.29. The fraction of sp³-hybridized carbons (Fsp3) is 0.500. The molecule has 1 unspecified atom stereocenters. The Morgan fingerprint density at radius 2 is 2.00 bits per heavy atom. The van der Waals surface area contributed by atoms with Crippen LogP contribution in [0.3, 0.4) is 0 Å². The summed E-state index contributed by atoms with van der Waals surface area (Å²) in [5, 5.41) is 0. The number of benzene rings is 1. The number of alkyl halides is 3. The summed E-state index contributed by atoms with van der Waals surface area (Å²) in [5.74, 6) is 5.33. The quantitative estimate of drug-likeness (QED) is 0.580. The number of rotatable bonds is 6. The van der Waals surface area contributed by atoms with Crippen molar-refractivity contribution in [2.24, 2.45) is 5.84 Å². The van der Waals surface area contributed by atoms with Crippen molar-refractivity contribution in [3.05, 3.63) is 33.8 Å². The zero-order chi connectivity index (χ0) is 16.3. The zero-order valence-electron chi connectivity index (χ0n) is 11.2. The first-order valence-electron chi connectivity index (χ1n) is 6.05. The van der Waals surface area contributed by atoms with Gasteiger partial charge in [0, 0.05) is 22.5 Å². The number of nitrogens with one attached hydrogen (secondary N) is 1. The molecule has 120 valence electrons. The number of sulfone groups is 1. The molecule has 0 amide bonds. The van der Waals surface area contributed by atoms with E-state index in [1.807, 2.05) is 0 Å². The van der Waals surface area contributed by atoms with Crippen LogP contribution in [0.15, 0.2) is 22.7 Å². The van der Waals surface area contributed by atoms with Gasteiger partial charge in [-0.3, -0.25) is 11.3 Å². The summed E-state index contributed by atoms with van der Waals surface area (Å²) in [6.45, 7) is 0. The van der Waals surface area contributed by atoms with Crippen LogP contribution < -0.4 is 11.3 Å². The highest BCUT2D eigenvalue weighted by Gasteiger charge is 2.33. The Morgan fingerprint density at radius 1 is 1.38 bits per heavy atom. The van der Waals surface area contributed by atoms with E-state index in [1.165, 1.54) is 12.1 Å². The van der Waals surface area contributed by atoms with Gasteiger partial charge < -0.3 is 0 Å². The van der Waals surface area contributed by atoms with E-state index in [2.05, 4.69) is 21.4 Å². The molecule has 0 aliphatic heterocycles. The lowest BCUT2D eigenvalue weighted by Gasteiger charge is -2.18. The molecule has 1 aromatic carbocycles. The maximum Gasteiger partial charge on any atom is 0.417 e. The van der Waals surface area contributed by atoms with Crippen molar-refractivity contribution >= 4 is 25.8 Å². The Labute approximate surface area is 129 Å². The minimum Gasteiger partial charge on any atom is -0.271 e. The van der Waals surface area contributed by atoms with Gasteiger partial charge in [0.2, 0.25) is 0 Å². The molecule has 0 heterocycles. The number of halogens is 4. The lowest BCUT2D eigenvalue weighted by Crippen LogP contribution is -2.28. The number of hydrazine groups is 1. The number of hydrogen-bond acceptors (Lipinski definition) is 4. The molecule has 1 atom stereocenters. The Hall–Kier alpha value is -0.640. The van der Waals surface area contributed by atoms with Crippen LogP contribution in [-0.4, -0.2) is 20.4 Å². The Bertz CT molecular complexity index is 591. The number of nitrogens with two attached hydrogens (primary N) is 1. The first kappa shape index (κ1) is 18.4. The first-order chi connectivity index (χ1) is 9.54. The van der Waals surface area contributed by atoms with E-state index in [9.17, 15) is 21.6 Å². The van der Waals surface area contributed by atoms with Gasteiger partial charge in [-0.05, 0) is 30.5 Å². The second-order valence-corrected chi connectivity index (χ2v) is 7.84. The van der Waals surface area contributed by atoms with Crippen LogP contribution in [0.2, 0.25) is 0 Å². The fourth-order valence-electron chi connectivity index (χ4n) is 1.87. The van der Waals surface area contributed by atoms with E-state index >= 15 is 0 Å². The van der Waals surface area contributed by atoms with Gasteiger partial charge in [-0.2, -0.15) is 13.2 Å². The molecule has 0 aromatic heterocycles. The molecule has 9 heteroatoms. The molecule has 0 spiro atoms. The maximum atomic E-state index is 12.8. The van der Waals surface area contributed by atoms with Crippen LogP contribution in [-0.2, 0) is 16.0 Å². The summed E-state index contributed by atoms with van der Waals surface area (Å²) in [6.07, 6.45) is -2.73. The van der Waals surface area contributed by atoms with E-state index in [4.69, 9.17) is 5.84 Å². The third-order valence-corrected chi connectivity index (χ3v) is 4.63. The van der Waals surface area contributed by atoms with Gasteiger partial charge in [0.05, 0.1) is 5.56 Å². The monoisotopic (exact) mass is 388 g/mol. The molecule has 21 heavy (non-hydrogen) atoms. The molecule has 0 bridgehead atoms. The van der Waals surface area contributed by atoms with E-state index in [0.29, 0.717) is 18.4 Å². The Kier molecular flexibility index (Phi) is 6.21. The molecule has 0 saturated heterocycles. The van der Waals surface area contributed by atoms with Crippen molar-refractivity contribution in [1.82, 2.24) is 5.43 Å². The van der Waals surface area contributed by atoms with Gasteiger partial charge in [0.15, 0.2) is 0 Å². The largest absolute Gasteiger partial charge is 0.417 e. The van der Waals surface area contributed by atoms with Gasteiger partial charge in [-0.15, -0.1) is 0 Å². The predicted molar refractivity (Wildman–Crippen MR) is 78.2 cm³/mol. The normalized spacial score (nSPS) is 14.2. The minimum absolute atomic E-state index is 0.0339. The van der Waals surface area contributed by atoms with Crippen LogP contribution in [0.1, 0.15) is 30.0 Å². The van der Waals surface area contributed by atoms with Crippen LogP contribution in [0.25, 0.3) is 0 Å². The van der Waals surface area contributed by atoms with E-state index in [0.717, 1.165) is 12.3 Å². The van der Waals surface area contributed by atoms with Crippen LogP contribution >= 0.6 is 15.9 Å². The molecule has 4 nitrogen and oxygen atoms in total. The molecule has 1 aromatic rings. The summed E-state index contributed by atoms with van der Waals surface area (Å²) in [7, 11) is -3.10. The summed E-state index contributed by atoms with van der Waals surface area (Å²) >= 11 is 2.87. The molecular weight excluding hydrogens is 373 g/mol. The molecule has 0 fully saturated rings. The summed E-state index contributed by atoms with van der Waals surface area (Å²) < 4.78 is 60.6. The molecule has 0 aliphatic rings. The Morgan fingerprint density at radius 3 is 2.48 bits per heavy atom. The van der Waals surface area contributed by atoms with Gasteiger partial charge in [-0.1, -0.05) is 22.0 Å². The molecular formula is C12H16BrF3N2O2S. The van der Waals surface area contributed by atoms with Crippen molar-refractivity contribution in [1.29, 1.82) is 0 Å². The minimum atomic E-state index is -4.47. The van der Waals surface area contributed by atoms with Crippen LogP contribution in [0, 0.1) is 0 Å². The highest BCUT2D eigenvalue weighted by molar-refractivity contribution is 9.10. The fourth-order valence-corrected chi connectivity index (χ4v) is 3.04. The number of hydrogen-bond donors (Lipinski definition) is 2. The molecule has 0 radical (unpaired) electrons. The first-order valence-corrected chi connectivity index (χ1v) is 8.90. The summed E-state index contributed by atoms with van der Waals surface area (Å²) in [4.78, 5) is 0. The van der Waals surface area contributed by atoms with Gasteiger partial charge in [0.1, 0.15) is 9.84 Å². The third-order valence-electron chi connectivity index (χ3n) is 2.91. The maximum absolute atomic E-state index is 12.8. The van der Waals surface area contributed by atoms with Crippen LogP contribution in [0.4, 0.5) is 13.2 Å². The van der Waals surface area contributed by atoms with E-state index in [1.54, 1.807) is 0 Å². The van der Waals surface area contributed by atoms with Gasteiger partial charge in [-0.25, -0.2) is 8.42 Å². The average molecular weight is 389 g/mol. The second-order valence-electron chi connectivity index (χ2n) is 4.73. The second kappa shape index (κ2) is 7.08. The van der Waals surface area contributed by atoms with Crippen molar-refractivity contribution in [2.75, 3.05) is 12.0 Å². The lowest BCUT2D eigenvalue weighted by atomic mass is 10.0. The SMILES string of the molecule is CS(=O)(=O)CCCC(NN)c1ccc(Br)c(C(F)(F)F)c1. The van der Waals surface area contributed by atoms with Crippen molar-refractivity contribution in [2.45, 2.75) is 25.1 Å². The van der Waals surface area contributed by atoms with Crippen molar-refractivity contribution in [3.8, 4) is 0 Å². The molecule has 0 aliphatic carbocycles. The standard InChI is InChI=1S/C12H16BrF3N2O2S/c1-21(19,20)6-2-3-11(18-17)8-4-5-10(13)9(7-8)12(14,15)16/h4-5,7,11,18H,2-3,6,17H2,1H3. The zero-order valence-corrected chi connectivity index (χ0v) is 13.6. The van der Waals surface area contributed by atoms with Crippen LogP contribution in [0.5, 0.6) is 0 Å². The third kappa shape index (κ3) is 5.93. The van der Waals surface area contributed by atoms with Crippen molar-refractivity contribution < 1.29 is 21.6 Å². The smallest absolute Gasteiger partial charge is 0.271 e. The summed E-state index contributed by atoms with van der Waals surface area (Å²) in [5.41, 5.74) is 2.00. The molecule has 3 N–H and O–H groups in total. The predicted octanol–water partition coefficient (Wildman–Crippen LogP) is 2.80. The van der Waals surface area contributed by atoms with E-state index < -0.39 is 27.6 Å². The molecule has 1 rings (SSSR count). The highest BCUT2D eigenvalue weighted by Crippen LogP contribution is 2.36. The highest BCUT2D eigenvalue weighted by atomic mass is 79.9.